The lowest BCUT2D eigenvalue weighted by molar-refractivity contribution is -0.274. The first-order chi connectivity index (χ1) is 21.4. The van der Waals surface area contributed by atoms with E-state index >= 15 is 0 Å². The topological polar surface area (TPSA) is 114 Å². The standard InChI is InChI=1S/C31H28F3N3O7S/c1-3-42-28(40)20-7-11-22(12-8-20)35-26(38)17-25-27(39)37(23-13-9-21(10-14-23)29(41)43-4-2)30(45)36(25)18-19-5-15-24(16-6-19)44-31(32,33)34/h5-16,25H,3-4,17-18H2,1-2H3,(H,35,38)/t25-/m0/s1. The Morgan fingerprint density at radius 3 is 1.89 bits per heavy atom. The van der Waals surface area contributed by atoms with E-state index in [2.05, 4.69) is 10.1 Å². The van der Waals surface area contributed by atoms with Crippen LogP contribution < -0.4 is 15.0 Å². The summed E-state index contributed by atoms with van der Waals surface area (Å²) in [5.74, 6) is -2.51. The van der Waals surface area contributed by atoms with Crippen LogP contribution in [0.4, 0.5) is 24.5 Å². The molecular weight excluding hydrogens is 615 g/mol. The molecule has 1 saturated heterocycles. The molecule has 45 heavy (non-hydrogen) atoms. The number of nitrogens with one attached hydrogen (secondary N) is 1. The van der Waals surface area contributed by atoms with Gasteiger partial charge in [-0.3, -0.25) is 14.5 Å². The molecule has 1 aliphatic rings. The molecule has 10 nitrogen and oxygen atoms in total. The summed E-state index contributed by atoms with van der Waals surface area (Å²) in [7, 11) is 0. The molecule has 0 unspecified atom stereocenters. The number of carbonyl (C=O) groups excluding carboxylic acids is 4. The third kappa shape index (κ3) is 8.35. The summed E-state index contributed by atoms with van der Waals surface area (Å²) >= 11 is 5.65. The van der Waals surface area contributed by atoms with Crippen molar-refractivity contribution < 1.29 is 46.6 Å². The van der Waals surface area contributed by atoms with E-state index in [1.54, 1.807) is 13.8 Å². The van der Waals surface area contributed by atoms with Crippen LogP contribution in [-0.2, 0) is 25.6 Å². The van der Waals surface area contributed by atoms with E-state index in [9.17, 15) is 32.3 Å². The van der Waals surface area contributed by atoms with Crippen LogP contribution in [-0.4, -0.2) is 59.4 Å². The Morgan fingerprint density at radius 2 is 1.38 bits per heavy atom. The van der Waals surface area contributed by atoms with Crippen LogP contribution in [0.2, 0.25) is 0 Å². The van der Waals surface area contributed by atoms with E-state index in [0.29, 0.717) is 22.5 Å². The monoisotopic (exact) mass is 643 g/mol. The van der Waals surface area contributed by atoms with Gasteiger partial charge in [0.25, 0.3) is 5.91 Å². The number of carbonyl (C=O) groups is 4. The van der Waals surface area contributed by atoms with Crippen molar-refractivity contribution in [2.45, 2.75) is 39.2 Å². The molecule has 1 aliphatic heterocycles. The smallest absolute Gasteiger partial charge is 0.462 e. The van der Waals surface area contributed by atoms with Gasteiger partial charge in [-0.05, 0) is 92.3 Å². The minimum absolute atomic E-state index is 0.0134. The molecule has 0 radical (unpaired) electrons. The van der Waals surface area contributed by atoms with E-state index in [-0.39, 0.29) is 36.9 Å². The van der Waals surface area contributed by atoms with Crippen LogP contribution in [0, 0.1) is 0 Å². The quantitative estimate of drug-likeness (QED) is 0.215. The highest BCUT2D eigenvalue weighted by atomic mass is 32.1. The van der Waals surface area contributed by atoms with Crippen molar-refractivity contribution >= 4 is 52.5 Å². The van der Waals surface area contributed by atoms with Crippen LogP contribution in [0.5, 0.6) is 5.75 Å². The normalized spacial score (nSPS) is 14.7. The number of ether oxygens (including phenoxy) is 3. The number of rotatable bonds is 11. The number of esters is 2. The van der Waals surface area contributed by atoms with Crippen molar-refractivity contribution in [2.75, 3.05) is 23.4 Å². The van der Waals surface area contributed by atoms with E-state index < -0.39 is 41.9 Å². The highest BCUT2D eigenvalue weighted by Gasteiger charge is 2.44. The number of benzene rings is 3. The average Bonchev–Trinajstić information content (AvgIpc) is 3.21. The molecule has 3 aromatic carbocycles. The van der Waals surface area contributed by atoms with Crippen molar-refractivity contribution in [3.8, 4) is 5.75 Å². The van der Waals surface area contributed by atoms with Crippen molar-refractivity contribution in [3.05, 3.63) is 89.5 Å². The molecule has 236 valence electrons. The van der Waals surface area contributed by atoms with Crippen LogP contribution in [0.3, 0.4) is 0 Å². The summed E-state index contributed by atoms with van der Waals surface area (Å²) in [5.41, 5.74) is 1.78. The van der Waals surface area contributed by atoms with Gasteiger partial charge in [0.15, 0.2) is 5.11 Å². The lowest BCUT2D eigenvalue weighted by atomic mass is 10.1. The van der Waals surface area contributed by atoms with Gasteiger partial charge < -0.3 is 24.4 Å². The number of alkyl halides is 3. The van der Waals surface area contributed by atoms with Crippen LogP contribution in [0.1, 0.15) is 46.5 Å². The van der Waals surface area contributed by atoms with Gasteiger partial charge in [-0.25, -0.2) is 9.59 Å². The summed E-state index contributed by atoms with van der Waals surface area (Å²) in [6.07, 6.45) is -5.18. The second-order valence-corrected chi connectivity index (χ2v) is 9.97. The molecule has 0 bridgehead atoms. The van der Waals surface area contributed by atoms with E-state index in [4.69, 9.17) is 21.7 Å². The second-order valence-electron chi connectivity index (χ2n) is 9.61. The van der Waals surface area contributed by atoms with Gasteiger partial charge in [-0.15, -0.1) is 13.2 Å². The van der Waals surface area contributed by atoms with Crippen molar-refractivity contribution in [3.63, 3.8) is 0 Å². The number of hydrogen-bond donors (Lipinski definition) is 1. The zero-order valence-electron chi connectivity index (χ0n) is 24.1. The highest BCUT2D eigenvalue weighted by Crippen LogP contribution is 2.30. The molecule has 0 aromatic heterocycles. The van der Waals surface area contributed by atoms with Crippen molar-refractivity contribution in [2.24, 2.45) is 0 Å². The number of nitrogens with zero attached hydrogens (tertiary/aromatic N) is 2. The predicted molar refractivity (Wildman–Crippen MR) is 161 cm³/mol. The molecule has 1 N–H and O–H groups in total. The van der Waals surface area contributed by atoms with Gasteiger partial charge in [0, 0.05) is 12.2 Å². The molecule has 0 saturated carbocycles. The molecule has 1 fully saturated rings. The lowest BCUT2D eigenvalue weighted by Gasteiger charge is -2.24. The maximum absolute atomic E-state index is 13.7. The minimum atomic E-state index is -4.86. The van der Waals surface area contributed by atoms with Crippen LogP contribution in [0.25, 0.3) is 0 Å². The first kappa shape index (κ1) is 32.9. The summed E-state index contributed by atoms with van der Waals surface area (Å²) in [6, 6.07) is 16.0. The molecule has 3 aromatic rings. The molecule has 1 atom stereocenters. The van der Waals surface area contributed by atoms with Crippen LogP contribution >= 0.6 is 12.2 Å². The molecular formula is C31H28F3N3O7S. The highest BCUT2D eigenvalue weighted by molar-refractivity contribution is 7.80. The molecule has 14 heteroatoms. The number of hydrogen-bond acceptors (Lipinski definition) is 8. The Balaban J connectivity index is 1.56. The molecule has 2 amide bonds. The van der Waals surface area contributed by atoms with E-state index in [1.165, 1.54) is 70.5 Å². The van der Waals surface area contributed by atoms with Crippen molar-refractivity contribution in [1.82, 2.24) is 4.90 Å². The Hall–Kier alpha value is -4.98. The van der Waals surface area contributed by atoms with Gasteiger partial charge in [0.2, 0.25) is 5.91 Å². The number of thiocarbonyl (C=S) groups is 1. The SMILES string of the molecule is CCOC(=O)c1ccc(NC(=O)C[C@H]2C(=O)N(c3ccc(C(=O)OCC)cc3)C(=S)N2Cc2ccc(OC(F)(F)F)cc2)cc1. The number of amides is 2. The van der Waals surface area contributed by atoms with Crippen molar-refractivity contribution in [1.29, 1.82) is 0 Å². The zero-order valence-corrected chi connectivity index (χ0v) is 24.9. The average molecular weight is 644 g/mol. The first-order valence-electron chi connectivity index (χ1n) is 13.7. The summed E-state index contributed by atoms with van der Waals surface area (Å²) < 4.78 is 51.7. The Kier molecular flexibility index (Phi) is 10.4. The maximum Gasteiger partial charge on any atom is 0.573 e. The third-order valence-corrected chi connectivity index (χ3v) is 6.94. The zero-order chi connectivity index (χ0) is 32.7. The van der Waals surface area contributed by atoms with E-state index in [0.717, 1.165) is 12.1 Å². The molecule has 0 spiro atoms. The Morgan fingerprint density at radius 1 is 0.844 bits per heavy atom. The number of anilines is 2. The molecule has 1 heterocycles. The molecule has 0 aliphatic carbocycles. The van der Waals surface area contributed by atoms with Gasteiger partial charge in [0.1, 0.15) is 11.8 Å². The Labute approximate surface area is 261 Å². The number of halogens is 3. The second kappa shape index (κ2) is 14.2. The summed E-state index contributed by atoms with van der Waals surface area (Å²) in [5, 5.41) is 2.75. The van der Waals surface area contributed by atoms with Gasteiger partial charge in [-0.2, -0.15) is 0 Å². The van der Waals surface area contributed by atoms with Gasteiger partial charge in [0.05, 0.1) is 36.4 Å². The van der Waals surface area contributed by atoms with E-state index in [1.807, 2.05) is 0 Å². The van der Waals surface area contributed by atoms with Gasteiger partial charge >= 0.3 is 18.3 Å². The lowest BCUT2D eigenvalue weighted by Crippen LogP contribution is -2.37. The minimum Gasteiger partial charge on any atom is -0.462 e. The fourth-order valence-electron chi connectivity index (χ4n) is 4.50. The fourth-order valence-corrected chi connectivity index (χ4v) is 4.88. The third-order valence-electron chi connectivity index (χ3n) is 6.52. The largest absolute Gasteiger partial charge is 0.573 e. The predicted octanol–water partition coefficient (Wildman–Crippen LogP) is 5.47. The Bertz CT molecular complexity index is 1560. The maximum atomic E-state index is 13.7. The molecule has 4 rings (SSSR count). The van der Waals surface area contributed by atoms with Crippen LogP contribution in [0.15, 0.2) is 72.8 Å². The van der Waals surface area contributed by atoms with Gasteiger partial charge in [-0.1, -0.05) is 12.1 Å². The first-order valence-corrected chi connectivity index (χ1v) is 14.1. The fraction of sp³-hybridized carbons (Fsp3) is 0.258. The summed E-state index contributed by atoms with van der Waals surface area (Å²) in [6.45, 7) is 3.74. The summed E-state index contributed by atoms with van der Waals surface area (Å²) in [4.78, 5) is 53.6.